The van der Waals surface area contributed by atoms with Crippen LogP contribution in [0.2, 0.25) is 0 Å². The number of rotatable bonds is 10. The maximum Gasteiger partial charge on any atom is 0.306 e. The molecule has 2 heterocycles. The van der Waals surface area contributed by atoms with Gasteiger partial charge in [0.15, 0.2) is 5.78 Å². The van der Waals surface area contributed by atoms with Crippen LogP contribution in [0.5, 0.6) is 17.2 Å². The topological polar surface area (TPSA) is 82.1 Å². The third-order valence-corrected chi connectivity index (χ3v) is 8.43. The zero-order valence-electron chi connectivity index (χ0n) is 22.0. The van der Waals surface area contributed by atoms with Gasteiger partial charge >= 0.3 is 10.1 Å². The molecule has 1 aliphatic rings. The van der Waals surface area contributed by atoms with E-state index in [4.69, 9.17) is 13.7 Å². The van der Waals surface area contributed by atoms with Gasteiger partial charge in [-0.1, -0.05) is 6.42 Å². The summed E-state index contributed by atoms with van der Waals surface area (Å²) in [6.07, 6.45) is 4.81. The third-order valence-electron chi connectivity index (χ3n) is 6.73. The number of nitrogens with zero attached hydrogens (tertiary/aromatic N) is 1. The molecule has 0 bridgehead atoms. The molecule has 0 amide bonds. The fourth-order valence-corrected chi connectivity index (χ4v) is 6.49. The van der Waals surface area contributed by atoms with Crippen LogP contribution in [-0.4, -0.2) is 58.7 Å². The van der Waals surface area contributed by atoms with Crippen LogP contribution < -0.4 is 13.7 Å². The van der Waals surface area contributed by atoms with Gasteiger partial charge in [0.25, 0.3) is 0 Å². The Labute approximate surface area is 233 Å². The number of thiophene rings is 1. The zero-order chi connectivity index (χ0) is 27.4. The summed E-state index contributed by atoms with van der Waals surface area (Å²) in [5.41, 5.74) is 1.94. The molecule has 0 aliphatic carbocycles. The molecule has 0 saturated carbocycles. The molecule has 1 aromatic heterocycles. The Balaban J connectivity index is 1.41. The normalized spacial score (nSPS) is 14.3. The Morgan fingerprint density at radius 1 is 0.897 bits per heavy atom. The van der Waals surface area contributed by atoms with Crippen molar-refractivity contribution < 1.29 is 26.9 Å². The second kappa shape index (κ2) is 11.8. The van der Waals surface area contributed by atoms with E-state index in [1.54, 1.807) is 43.5 Å². The predicted octanol–water partition coefficient (Wildman–Crippen LogP) is 6.01. The molecule has 1 fully saturated rings. The number of carbonyl (C=O) groups excluding carboxylic acids is 1. The van der Waals surface area contributed by atoms with Crippen LogP contribution in [0.25, 0.3) is 20.5 Å². The Morgan fingerprint density at radius 3 is 2.23 bits per heavy atom. The molecule has 5 rings (SSSR count). The van der Waals surface area contributed by atoms with Crippen LogP contribution in [0.3, 0.4) is 0 Å². The van der Waals surface area contributed by atoms with E-state index in [2.05, 4.69) is 4.90 Å². The highest BCUT2D eigenvalue weighted by Crippen LogP contribution is 2.41. The monoisotopic (exact) mass is 565 g/mol. The first kappa shape index (κ1) is 27.2. The Kier molecular flexibility index (Phi) is 8.20. The largest absolute Gasteiger partial charge is 0.497 e. The summed E-state index contributed by atoms with van der Waals surface area (Å²) in [6, 6.07) is 19.7. The van der Waals surface area contributed by atoms with Crippen molar-refractivity contribution in [3.63, 3.8) is 0 Å². The molecule has 1 saturated heterocycles. The van der Waals surface area contributed by atoms with Crippen molar-refractivity contribution in [2.45, 2.75) is 19.3 Å². The predicted molar refractivity (Wildman–Crippen MR) is 155 cm³/mol. The molecule has 0 spiro atoms. The van der Waals surface area contributed by atoms with Gasteiger partial charge < -0.3 is 13.7 Å². The molecule has 0 unspecified atom stereocenters. The number of ketones is 1. The number of likely N-dealkylation sites (tertiary alicyclic amines) is 1. The standard InChI is InChI=1S/C30H31NO6S2/c1-35-25-14-15-26-27(20-25)38-30(22-8-12-24(13-9-22)37-39(2,33)34)28(26)29(32)21-6-10-23(11-7-21)36-19-18-31-16-4-3-5-17-31/h6-15,20H,3-5,16-19H2,1-2H3. The van der Waals surface area contributed by atoms with E-state index in [0.29, 0.717) is 23.5 Å². The molecule has 39 heavy (non-hydrogen) atoms. The number of benzene rings is 3. The lowest BCUT2D eigenvalue weighted by atomic mass is 9.97. The van der Waals surface area contributed by atoms with Crippen molar-refractivity contribution in [2.75, 3.05) is 39.6 Å². The lowest BCUT2D eigenvalue weighted by molar-refractivity contribution is 0.104. The molecule has 0 atom stereocenters. The summed E-state index contributed by atoms with van der Waals surface area (Å²) < 4.78 is 40.2. The van der Waals surface area contributed by atoms with Crippen LogP contribution in [0.4, 0.5) is 0 Å². The summed E-state index contributed by atoms with van der Waals surface area (Å²) in [4.78, 5) is 17.1. The van der Waals surface area contributed by atoms with E-state index in [1.807, 2.05) is 30.3 Å². The van der Waals surface area contributed by atoms with E-state index in [9.17, 15) is 13.2 Å². The maximum absolute atomic E-state index is 13.9. The molecule has 1 aliphatic heterocycles. The summed E-state index contributed by atoms with van der Waals surface area (Å²) in [5, 5.41) is 0.833. The summed E-state index contributed by atoms with van der Waals surface area (Å²) >= 11 is 1.49. The van der Waals surface area contributed by atoms with Crippen LogP contribution in [0, 0.1) is 0 Å². The van der Waals surface area contributed by atoms with E-state index in [1.165, 1.54) is 30.6 Å². The van der Waals surface area contributed by atoms with Gasteiger partial charge in [0, 0.05) is 32.6 Å². The van der Waals surface area contributed by atoms with Gasteiger partial charge in [0.1, 0.15) is 23.9 Å². The van der Waals surface area contributed by atoms with Gasteiger partial charge in [-0.3, -0.25) is 9.69 Å². The van der Waals surface area contributed by atoms with E-state index in [-0.39, 0.29) is 11.5 Å². The SMILES string of the molecule is COc1ccc2c(C(=O)c3ccc(OCCN4CCCCC4)cc3)c(-c3ccc(OS(C)(=O)=O)cc3)sc2c1. The number of ether oxygens (including phenoxy) is 2. The van der Waals surface area contributed by atoms with E-state index in [0.717, 1.165) is 52.2 Å². The van der Waals surface area contributed by atoms with Gasteiger partial charge in [0.05, 0.1) is 13.4 Å². The molecule has 3 aromatic carbocycles. The summed E-state index contributed by atoms with van der Waals surface area (Å²) in [5.74, 6) is 1.56. The fourth-order valence-electron chi connectivity index (χ4n) is 4.79. The smallest absolute Gasteiger partial charge is 0.306 e. The molecular formula is C30H31NO6S2. The summed E-state index contributed by atoms with van der Waals surface area (Å²) in [7, 11) is -2.02. The van der Waals surface area contributed by atoms with Crippen molar-refractivity contribution >= 4 is 37.3 Å². The van der Waals surface area contributed by atoms with Gasteiger partial charge in [-0.05, 0) is 98.2 Å². The average Bonchev–Trinajstić information content (AvgIpc) is 3.32. The second-order valence-electron chi connectivity index (χ2n) is 9.58. The van der Waals surface area contributed by atoms with Crippen molar-refractivity contribution in [1.82, 2.24) is 4.90 Å². The first-order valence-electron chi connectivity index (χ1n) is 12.9. The van der Waals surface area contributed by atoms with Crippen LogP contribution in [0.15, 0.2) is 66.7 Å². The minimum atomic E-state index is -3.63. The number of piperidine rings is 1. The van der Waals surface area contributed by atoms with Crippen LogP contribution in [-0.2, 0) is 10.1 Å². The lowest BCUT2D eigenvalue weighted by Gasteiger charge is -2.26. The molecule has 9 heteroatoms. The first-order valence-corrected chi connectivity index (χ1v) is 15.5. The molecular weight excluding hydrogens is 534 g/mol. The van der Waals surface area contributed by atoms with E-state index >= 15 is 0 Å². The van der Waals surface area contributed by atoms with Gasteiger partial charge in [-0.25, -0.2) is 0 Å². The van der Waals surface area contributed by atoms with Crippen molar-refractivity contribution in [2.24, 2.45) is 0 Å². The quantitative estimate of drug-likeness (QED) is 0.172. The highest BCUT2D eigenvalue weighted by Gasteiger charge is 2.22. The van der Waals surface area contributed by atoms with Crippen molar-refractivity contribution in [1.29, 1.82) is 0 Å². The van der Waals surface area contributed by atoms with E-state index < -0.39 is 10.1 Å². The minimum Gasteiger partial charge on any atom is -0.497 e. The van der Waals surface area contributed by atoms with Crippen LogP contribution >= 0.6 is 11.3 Å². The Bertz CT molecular complexity index is 1550. The number of hydrogen-bond donors (Lipinski definition) is 0. The van der Waals surface area contributed by atoms with Gasteiger partial charge in [-0.2, -0.15) is 8.42 Å². The van der Waals surface area contributed by atoms with Gasteiger partial charge in [0.2, 0.25) is 0 Å². The maximum atomic E-state index is 13.9. The molecule has 0 N–H and O–H groups in total. The fraction of sp³-hybridized carbons (Fsp3) is 0.300. The van der Waals surface area contributed by atoms with Crippen molar-refractivity contribution in [3.8, 4) is 27.7 Å². The molecule has 4 aromatic rings. The molecule has 7 nitrogen and oxygen atoms in total. The highest BCUT2D eigenvalue weighted by molar-refractivity contribution is 7.86. The highest BCUT2D eigenvalue weighted by atomic mass is 32.2. The van der Waals surface area contributed by atoms with Crippen molar-refractivity contribution in [3.05, 3.63) is 77.9 Å². The number of methoxy groups -OCH3 is 1. The molecule has 204 valence electrons. The zero-order valence-corrected chi connectivity index (χ0v) is 23.6. The van der Waals surface area contributed by atoms with Gasteiger partial charge in [-0.15, -0.1) is 11.3 Å². The third kappa shape index (κ3) is 6.61. The molecule has 0 radical (unpaired) electrons. The minimum absolute atomic E-state index is 0.0993. The second-order valence-corrected chi connectivity index (χ2v) is 12.2. The lowest BCUT2D eigenvalue weighted by Crippen LogP contribution is -2.33. The summed E-state index contributed by atoms with van der Waals surface area (Å²) in [6.45, 7) is 3.79. The number of fused-ring (bicyclic) bond motifs is 1. The van der Waals surface area contributed by atoms with Crippen LogP contribution in [0.1, 0.15) is 35.2 Å². The number of hydrogen-bond acceptors (Lipinski definition) is 8. The number of carbonyl (C=O) groups is 1. The Morgan fingerprint density at radius 2 is 1.56 bits per heavy atom. The Hall–Kier alpha value is -3.40. The average molecular weight is 566 g/mol. The first-order chi connectivity index (χ1) is 18.8.